The first-order chi connectivity index (χ1) is 16.6. The maximum absolute atomic E-state index is 12.2. The van der Waals surface area contributed by atoms with Gasteiger partial charge in [-0.25, -0.2) is 0 Å². The van der Waals surface area contributed by atoms with Crippen LogP contribution in [-0.4, -0.2) is 62.3 Å². The van der Waals surface area contributed by atoms with E-state index in [2.05, 4.69) is 26.8 Å². The number of hydrogen-bond donors (Lipinski definition) is 1. The van der Waals surface area contributed by atoms with Crippen LogP contribution in [0.5, 0.6) is 0 Å². The van der Waals surface area contributed by atoms with Crippen LogP contribution in [0.15, 0.2) is 12.2 Å². The molecule has 0 amide bonds. The largest absolute Gasteiger partial charge is 0.462 e. The normalized spacial score (nSPS) is 48.2. The van der Waals surface area contributed by atoms with Crippen molar-refractivity contribution in [2.45, 2.75) is 90.3 Å². The highest BCUT2D eigenvalue weighted by molar-refractivity contribution is 5.66. The number of esters is 1. The van der Waals surface area contributed by atoms with Crippen molar-refractivity contribution in [3.8, 4) is 0 Å². The molecule has 7 nitrogen and oxygen atoms in total. The van der Waals surface area contributed by atoms with E-state index in [1.165, 1.54) is 19.8 Å². The van der Waals surface area contributed by atoms with Gasteiger partial charge in [0.1, 0.15) is 12.9 Å². The summed E-state index contributed by atoms with van der Waals surface area (Å²) in [4.78, 5) is 12.2. The molecule has 0 radical (unpaired) electrons. The fourth-order valence-corrected chi connectivity index (χ4v) is 9.09. The Morgan fingerprint density at radius 1 is 1.17 bits per heavy atom. The van der Waals surface area contributed by atoms with Gasteiger partial charge in [0.05, 0.1) is 24.9 Å². The third-order valence-electron chi connectivity index (χ3n) is 10.8. The number of carbonyl (C=O) groups is 1. The molecule has 1 aliphatic heterocycles. The Balaban J connectivity index is 1.44. The van der Waals surface area contributed by atoms with Gasteiger partial charge >= 0.3 is 5.97 Å². The summed E-state index contributed by atoms with van der Waals surface area (Å²) in [5.41, 5.74) is -1.44. The standard InChI is InChI=1S/C28H44O7/c1-17(25-32-12-13-33-25)21-6-7-22-20-8-11-28(30)15-19(34-16-31-5)14-24(35-18(2)29)27(28,4)23(20)9-10-26(21,22)3/h8,11,17,19-25,30H,6-7,9-10,12-16H2,1-5H3/t17?,19-,20-,21+,22-,23-,24-,26+,27-,28+/m0/s1. The second-order valence-corrected chi connectivity index (χ2v) is 12.3. The number of carbonyl (C=O) groups excluding carboxylic acids is 1. The molecule has 3 saturated carbocycles. The Labute approximate surface area is 209 Å². The summed E-state index contributed by atoms with van der Waals surface area (Å²) >= 11 is 0. The van der Waals surface area contributed by atoms with E-state index in [-0.39, 0.29) is 36.5 Å². The Bertz CT molecular complexity index is 824. The van der Waals surface area contributed by atoms with Gasteiger partial charge in [0.15, 0.2) is 6.29 Å². The van der Waals surface area contributed by atoms with Crippen molar-refractivity contribution in [3.05, 3.63) is 12.2 Å². The van der Waals surface area contributed by atoms with E-state index in [0.717, 1.165) is 12.8 Å². The number of methoxy groups -OCH3 is 1. The zero-order chi connectivity index (χ0) is 25.0. The lowest BCUT2D eigenvalue weighted by Crippen LogP contribution is -2.67. The van der Waals surface area contributed by atoms with Crippen molar-refractivity contribution >= 4 is 5.97 Å². The summed E-state index contributed by atoms with van der Waals surface area (Å²) < 4.78 is 28.8. The van der Waals surface area contributed by atoms with E-state index < -0.39 is 17.1 Å². The minimum absolute atomic E-state index is 0.0893. The summed E-state index contributed by atoms with van der Waals surface area (Å²) in [6.45, 7) is 9.95. The Kier molecular flexibility index (Phi) is 6.88. The quantitative estimate of drug-likeness (QED) is 0.340. The van der Waals surface area contributed by atoms with Gasteiger partial charge in [0.25, 0.3) is 0 Å². The van der Waals surface area contributed by atoms with E-state index in [0.29, 0.717) is 49.7 Å². The maximum Gasteiger partial charge on any atom is 0.302 e. The molecule has 4 fully saturated rings. The molecule has 7 heteroatoms. The number of hydrogen-bond acceptors (Lipinski definition) is 7. The van der Waals surface area contributed by atoms with Gasteiger partial charge in [0, 0.05) is 38.2 Å². The van der Waals surface area contributed by atoms with Gasteiger partial charge in [-0.1, -0.05) is 32.9 Å². The van der Waals surface area contributed by atoms with Gasteiger partial charge in [-0.05, 0) is 54.8 Å². The van der Waals surface area contributed by atoms with Gasteiger partial charge in [-0.3, -0.25) is 4.79 Å². The second kappa shape index (κ2) is 9.39. The number of allylic oxidation sites excluding steroid dienone is 1. The molecular weight excluding hydrogens is 448 g/mol. The van der Waals surface area contributed by atoms with Crippen LogP contribution < -0.4 is 0 Å². The first-order valence-electron chi connectivity index (χ1n) is 13.6. The molecule has 5 rings (SSSR count). The summed E-state index contributed by atoms with van der Waals surface area (Å²) in [7, 11) is 1.59. The number of aliphatic hydroxyl groups is 1. The second-order valence-electron chi connectivity index (χ2n) is 12.3. The molecule has 0 aromatic carbocycles. The fraction of sp³-hybridized carbons (Fsp3) is 0.893. The average Bonchev–Trinajstić information content (AvgIpc) is 3.46. The van der Waals surface area contributed by atoms with Crippen molar-refractivity contribution < 1.29 is 33.6 Å². The monoisotopic (exact) mass is 492 g/mol. The van der Waals surface area contributed by atoms with Crippen molar-refractivity contribution in [1.82, 2.24) is 0 Å². The molecule has 4 aliphatic carbocycles. The lowest BCUT2D eigenvalue weighted by Gasteiger charge is -2.63. The van der Waals surface area contributed by atoms with Crippen molar-refractivity contribution in [2.75, 3.05) is 27.1 Å². The Hall–Kier alpha value is -0.990. The third kappa shape index (κ3) is 4.01. The third-order valence-corrected chi connectivity index (χ3v) is 10.8. The zero-order valence-electron chi connectivity index (χ0n) is 22.0. The number of rotatable bonds is 6. The van der Waals surface area contributed by atoms with Crippen LogP contribution >= 0.6 is 0 Å². The zero-order valence-corrected chi connectivity index (χ0v) is 22.0. The van der Waals surface area contributed by atoms with E-state index in [9.17, 15) is 9.90 Å². The minimum atomic E-state index is -1.09. The molecule has 0 spiro atoms. The van der Waals surface area contributed by atoms with Crippen LogP contribution in [0.3, 0.4) is 0 Å². The number of fused-ring (bicyclic) bond motifs is 5. The fourth-order valence-electron chi connectivity index (χ4n) is 9.09. The maximum atomic E-state index is 12.2. The van der Waals surface area contributed by atoms with Crippen molar-refractivity contribution in [3.63, 3.8) is 0 Å². The molecule has 198 valence electrons. The highest BCUT2D eigenvalue weighted by Crippen LogP contribution is 2.68. The van der Waals surface area contributed by atoms with Crippen LogP contribution in [0.25, 0.3) is 0 Å². The molecule has 5 aliphatic rings. The van der Waals surface area contributed by atoms with Gasteiger partial charge in [-0.2, -0.15) is 0 Å². The molecule has 1 heterocycles. The molecule has 35 heavy (non-hydrogen) atoms. The van der Waals surface area contributed by atoms with Crippen molar-refractivity contribution in [2.24, 2.45) is 40.4 Å². The predicted molar refractivity (Wildman–Crippen MR) is 129 cm³/mol. The molecule has 1 unspecified atom stereocenters. The molecule has 1 saturated heterocycles. The first-order valence-corrected chi connectivity index (χ1v) is 13.6. The minimum Gasteiger partial charge on any atom is -0.462 e. The molecular formula is C28H44O7. The summed E-state index contributed by atoms with van der Waals surface area (Å²) in [6.07, 6.45) is 9.16. The molecule has 0 aromatic heterocycles. The summed E-state index contributed by atoms with van der Waals surface area (Å²) in [6, 6.07) is 0. The summed E-state index contributed by atoms with van der Waals surface area (Å²) in [5.74, 6) is 1.76. The highest BCUT2D eigenvalue weighted by Gasteiger charge is 2.67. The topological polar surface area (TPSA) is 83.5 Å². The van der Waals surface area contributed by atoms with Crippen LogP contribution in [0, 0.1) is 40.4 Å². The SMILES string of the molecule is COCO[C@H]1C[C@H](OC(C)=O)[C@]2(C)[C@H]3CC[C@]4(C)[C@@H](C(C)C5OCCO5)CC[C@H]4[C@@H]3C=C[C@@]2(O)C1. The van der Waals surface area contributed by atoms with Crippen LogP contribution in [-0.2, 0) is 28.5 Å². The van der Waals surface area contributed by atoms with E-state index in [1.54, 1.807) is 7.11 Å². The van der Waals surface area contributed by atoms with Gasteiger partial charge < -0.3 is 28.8 Å². The average molecular weight is 493 g/mol. The van der Waals surface area contributed by atoms with E-state index in [1.807, 2.05) is 6.08 Å². The summed E-state index contributed by atoms with van der Waals surface area (Å²) in [5, 5.41) is 12.1. The predicted octanol–water partition coefficient (Wildman–Crippen LogP) is 4.08. The molecule has 0 bridgehead atoms. The van der Waals surface area contributed by atoms with Crippen molar-refractivity contribution in [1.29, 1.82) is 0 Å². The highest BCUT2D eigenvalue weighted by atomic mass is 16.7. The number of ether oxygens (including phenoxy) is 5. The Morgan fingerprint density at radius 3 is 2.60 bits per heavy atom. The molecule has 0 aromatic rings. The van der Waals surface area contributed by atoms with Crippen LogP contribution in [0.2, 0.25) is 0 Å². The van der Waals surface area contributed by atoms with Gasteiger partial charge in [-0.15, -0.1) is 0 Å². The van der Waals surface area contributed by atoms with E-state index in [4.69, 9.17) is 23.7 Å². The Morgan fingerprint density at radius 2 is 1.91 bits per heavy atom. The molecule has 1 N–H and O–H groups in total. The first kappa shape index (κ1) is 25.7. The van der Waals surface area contributed by atoms with Crippen LogP contribution in [0.4, 0.5) is 0 Å². The lowest BCUT2D eigenvalue weighted by molar-refractivity contribution is -0.239. The lowest BCUT2D eigenvalue weighted by atomic mass is 9.44. The van der Waals surface area contributed by atoms with Crippen LogP contribution in [0.1, 0.15) is 66.2 Å². The van der Waals surface area contributed by atoms with E-state index >= 15 is 0 Å². The molecule has 10 atom stereocenters. The smallest absolute Gasteiger partial charge is 0.302 e. The van der Waals surface area contributed by atoms with Gasteiger partial charge in [0.2, 0.25) is 0 Å².